The molecule has 0 bridgehead atoms. The van der Waals surface area contributed by atoms with Crippen LogP contribution in [0.15, 0.2) is 135 Å². The van der Waals surface area contributed by atoms with E-state index < -0.39 is 18.9 Å². The van der Waals surface area contributed by atoms with Crippen molar-refractivity contribution in [2.75, 3.05) is 53.3 Å². The maximum absolute atomic E-state index is 12.0. The highest BCUT2D eigenvalue weighted by atomic mass is 35.5. The number of hydrogen-bond acceptors (Lipinski definition) is 18. The number of primary amides is 2. The molecular weight excluding hydrogens is 1000 g/mol. The number of aromatic nitrogens is 10. The van der Waals surface area contributed by atoms with Gasteiger partial charge < -0.3 is 69.7 Å². The molecule has 0 saturated carbocycles. The first-order chi connectivity index (χ1) is 36.8. The van der Waals surface area contributed by atoms with Gasteiger partial charge in [0.1, 0.15) is 35.3 Å². The van der Waals surface area contributed by atoms with E-state index in [4.69, 9.17) is 61.5 Å². The predicted molar refractivity (Wildman–Crippen MR) is 283 cm³/mol. The van der Waals surface area contributed by atoms with Crippen molar-refractivity contribution in [2.24, 2.45) is 11.5 Å². The number of amides is 2. The van der Waals surface area contributed by atoms with Crippen molar-refractivity contribution in [1.29, 1.82) is 0 Å². The van der Waals surface area contributed by atoms with Crippen LogP contribution in [0.3, 0.4) is 0 Å². The molecule has 0 fully saturated rings. The zero-order valence-electron chi connectivity index (χ0n) is 41.4. The van der Waals surface area contributed by atoms with Crippen molar-refractivity contribution in [3.63, 3.8) is 0 Å². The van der Waals surface area contributed by atoms with Gasteiger partial charge in [0.25, 0.3) is 0 Å². The second kappa shape index (κ2) is 23.4. The molecule has 0 aliphatic carbocycles. The van der Waals surface area contributed by atoms with Crippen molar-refractivity contribution in [2.45, 2.75) is 0 Å². The molecule has 0 atom stereocenters. The highest BCUT2D eigenvalue weighted by molar-refractivity contribution is 6.60. The molecule has 0 spiro atoms. The van der Waals surface area contributed by atoms with Crippen molar-refractivity contribution >= 4 is 70.3 Å². The summed E-state index contributed by atoms with van der Waals surface area (Å²) < 4.78 is 39.5. The maximum Gasteiger partial charge on any atom is 0.489 e. The number of anilines is 4. The lowest BCUT2D eigenvalue weighted by molar-refractivity contribution is 0.0992. The molecule has 0 radical (unpaired) electrons. The number of halogens is 1. The first kappa shape index (κ1) is 52.5. The summed E-state index contributed by atoms with van der Waals surface area (Å²) in [6.07, 6.45) is 10.5. The normalized spacial score (nSPS) is 10.6. The number of imidazole rings is 2. The zero-order chi connectivity index (χ0) is 54.0. The average molecular weight is 1050 g/mol. The van der Waals surface area contributed by atoms with Gasteiger partial charge in [-0.05, 0) is 53.5 Å². The summed E-state index contributed by atoms with van der Waals surface area (Å²) in [5.41, 5.74) is 14.8. The summed E-state index contributed by atoms with van der Waals surface area (Å²) in [5, 5.41) is 32.8. The zero-order valence-corrected chi connectivity index (χ0v) is 42.2. The molecule has 6 aromatic heterocycles. The van der Waals surface area contributed by atoms with Gasteiger partial charge in [0, 0.05) is 47.8 Å². The molecule has 24 nitrogen and oxygen atoms in total. The van der Waals surface area contributed by atoms with E-state index in [1.807, 2.05) is 63.9 Å². The van der Waals surface area contributed by atoms with Crippen molar-refractivity contribution in [1.82, 2.24) is 48.3 Å². The minimum Gasteiger partial charge on any atom is -0.493 e. The predicted octanol–water partition coefficient (Wildman–Crippen LogP) is 5.25. The molecule has 76 heavy (non-hydrogen) atoms. The lowest BCUT2D eigenvalue weighted by atomic mass is 9.77. The Morgan fingerprint density at radius 1 is 0.579 bits per heavy atom. The number of ether oxygens (including phenoxy) is 6. The Hall–Kier alpha value is -9.85. The first-order valence-electron chi connectivity index (χ1n) is 22.5. The van der Waals surface area contributed by atoms with Gasteiger partial charge in [0.05, 0.1) is 72.0 Å². The van der Waals surface area contributed by atoms with E-state index in [0.29, 0.717) is 74.7 Å². The van der Waals surface area contributed by atoms with Crippen LogP contribution < -0.4 is 56.0 Å². The van der Waals surface area contributed by atoms with E-state index in [2.05, 4.69) is 40.8 Å². The summed E-state index contributed by atoms with van der Waals surface area (Å²) in [5.74, 6) is 4.51. The van der Waals surface area contributed by atoms with Gasteiger partial charge in [0.2, 0.25) is 28.6 Å². The number of hydrogen-bond donors (Lipinski definition) is 6. The average Bonchev–Trinajstić information content (AvgIpc) is 4.31. The molecule has 6 heterocycles. The van der Waals surface area contributed by atoms with Gasteiger partial charge >= 0.3 is 7.12 Å². The summed E-state index contributed by atoms with van der Waals surface area (Å²) >= 11 is 6.00. The molecule has 10 aromatic rings. The van der Waals surface area contributed by atoms with E-state index in [9.17, 15) is 9.59 Å². The smallest absolute Gasteiger partial charge is 0.489 e. The van der Waals surface area contributed by atoms with Crippen molar-refractivity contribution in [3.05, 3.63) is 151 Å². The van der Waals surface area contributed by atoms with Gasteiger partial charge in [-0.1, -0.05) is 36.4 Å². The molecule has 0 saturated heterocycles. The Balaban J connectivity index is 0.000000169. The van der Waals surface area contributed by atoms with Crippen molar-refractivity contribution in [3.8, 4) is 57.3 Å². The van der Waals surface area contributed by atoms with Crippen LogP contribution in [0, 0.1) is 0 Å². The number of fused-ring (bicyclic) bond motifs is 2. The minimum atomic E-state index is -1.66. The monoisotopic (exact) mass is 1050 g/mol. The number of methoxy groups -OCH3 is 6. The molecule has 8 N–H and O–H groups in total. The fraction of sp³-hybridized carbons (Fsp3) is 0.120. The van der Waals surface area contributed by atoms with Crippen molar-refractivity contribution < 1.29 is 48.1 Å². The van der Waals surface area contributed by atoms with E-state index in [1.165, 1.54) is 12.1 Å². The summed E-state index contributed by atoms with van der Waals surface area (Å²) in [7, 11) is 7.73. The SMILES string of the molecule is COc1cc(-n2cnc(Nc3nc(-c4ccccc4C(N)=O)nn4cccc34)c2)cc(OC)c1OC.COc1cc(-n2cnc(Nc3nc(Cl)nn4cccc34)c2)cc(OC)c1OC.NC(=O)c1ccccc1B(O)O. The number of carbonyl (C=O) groups is 2. The van der Waals surface area contributed by atoms with E-state index in [1.54, 1.807) is 119 Å². The highest BCUT2D eigenvalue weighted by Gasteiger charge is 2.20. The number of carbonyl (C=O) groups excluding carboxylic acids is 2. The Kier molecular flexibility index (Phi) is 16.1. The van der Waals surface area contributed by atoms with Crippen LogP contribution in [-0.2, 0) is 0 Å². The third-order valence-corrected chi connectivity index (χ3v) is 11.4. The van der Waals surface area contributed by atoms with Crippen LogP contribution in [0.25, 0.3) is 33.8 Å². The molecule has 10 rings (SSSR count). The molecule has 2 amide bonds. The number of benzene rings is 4. The van der Waals surface area contributed by atoms with E-state index >= 15 is 0 Å². The second-order valence-electron chi connectivity index (χ2n) is 15.8. The second-order valence-corrected chi connectivity index (χ2v) is 16.1. The number of nitrogens with one attached hydrogen (secondary N) is 2. The third-order valence-electron chi connectivity index (χ3n) is 11.2. The summed E-state index contributed by atoms with van der Waals surface area (Å²) in [6.45, 7) is 0. The maximum atomic E-state index is 12.0. The molecule has 0 unspecified atom stereocenters. The number of nitrogens with zero attached hydrogens (tertiary/aromatic N) is 10. The van der Waals surface area contributed by atoms with Gasteiger partial charge in [0.15, 0.2) is 40.5 Å². The molecule has 26 heteroatoms. The largest absolute Gasteiger partial charge is 0.493 e. The van der Waals surface area contributed by atoms with E-state index in [0.717, 1.165) is 22.4 Å². The fourth-order valence-electron chi connectivity index (χ4n) is 7.71. The van der Waals surface area contributed by atoms with Gasteiger partial charge in [-0.3, -0.25) is 9.59 Å². The third kappa shape index (κ3) is 11.3. The number of nitrogens with two attached hydrogens (primary N) is 2. The highest BCUT2D eigenvalue weighted by Crippen LogP contribution is 2.41. The molecule has 0 aliphatic heterocycles. The Labute approximate surface area is 438 Å². The van der Waals surface area contributed by atoms with Crippen LogP contribution in [0.4, 0.5) is 23.3 Å². The van der Waals surface area contributed by atoms with Crippen LogP contribution in [0.5, 0.6) is 34.5 Å². The molecule has 4 aromatic carbocycles. The van der Waals surface area contributed by atoms with Crippen LogP contribution in [-0.4, -0.2) is 120 Å². The summed E-state index contributed by atoms with van der Waals surface area (Å²) in [6, 6.07) is 27.8. The summed E-state index contributed by atoms with van der Waals surface area (Å²) in [4.78, 5) is 40.5. The number of rotatable bonds is 16. The Morgan fingerprint density at radius 3 is 1.47 bits per heavy atom. The molecular formula is C50H48BClN14O10. The Morgan fingerprint density at radius 2 is 1.03 bits per heavy atom. The van der Waals surface area contributed by atoms with Crippen LogP contribution in [0.1, 0.15) is 20.7 Å². The Bertz CT molecular complexity index is 3640. The lowest BCUT2D eigenvalue weighted by Gasteiger charge is -2.14. The van der Waals surface area contributed by atoms with Gasteiger partial charge in [-0.15, -0.1) is 10.2 Å². The molecule has 0 aliphatic rings. The molecule has 388 valence electrons. The van der Waals surface area contributed by atoms with Crippen LogP contribution >= 0.6 is 11.6 Å². The van der Waals surface area contributed by atoms with Crippen LogP contribution in [0.2, 0.25) is 5.28 Å². The lowest BCUT2D eigenvalue weighted by Crippen LogP contribution is -2.36. The van der Waals surface area contributed by atoms with E-state index in [-0.39, 0.29) is 16.3 Å². The quantitative estimate of drug-likeness (QED) is 0.0673. The van der Waals surface area contributed by atoms with Gasteiger partial charge in [-0.25, -0.2) is 24.0 Å². The minimum absolute atomic E-state index is 0.130. The fourth-order valence-corrected chi connectivity index (χ4v) is 7.88. The van der Waals surface area contributed by atoms with Gasteiger partial charge in [-0.2, -0.15) is 4.98 Å². The topological polar surface area (TPSA) is 302 Å². The standard InChI is InChI=1S/C25H23N7O4.C18H17ClN6O3.C7H8BNO3/c1-34-19-11-15(12-20(35-2)22(19)36-3)31-13-21(27-14-31)28-25-18-9-6-10-32(18)30-24(29-25)17-8-5-4-7-16(17)23(26)33;1-26-13-7-11(8-14(27-2)16(13)28-3)24-9-15(20-10-24)21-17-12-5-4-6-25(12)23-18(19)22-17;9-7(10)5-3-1-2-4-6(5)8(11)12/h4-14H,1-3H3,(H2,26,33)(H,28,29,30);4-10H,1-3H3,(H,21,22,23);1-4,11-12H,(H2,9,10). The first-order valence-corrected chi connectivity index (χ1v) is 22.9.